The zero-order valence-electron chi connectivity index (χ0n) is 11.5. The molecule has 1 fully saturated rings. The SMILES string of the molecule is O=C1CCCN1CCCNc1cc(NCCO)ncn1. The fraction of sp³-hybridized carbons (Fsp3) is 0.615. The largest absolute Gasteiger partial charge is 0.395 e. The fourth-order valence-corrected chi connectivity index (χ4v) is 2.16. The predicted octanol–water partition coefficient (Wildman–Crippen LogP) is 0.305. The van der Waals surface area contributed by atoms with Gasteiger partial charge in [0.15, 0.2) is 0 Å². The highest BCUT2D eigenvalue weighted by atomic mass is 16.3. The second kappa shape index (κ2) is 7.64. The van der Waals surface area contributed by atoms with Crippen LogP contribution in [-0.2, 0) is 4.79 Å². The van der Waals surface area contributed by atoms with Crippen LogP contribution in [0.1, 0.15) is 19.3 Å². The first-order chi connectivity index (χ1) is 9.79. The Balaban J connectivity index is 1.69. The van der Waals surface area contributed by atoms with Crippen LogP contribution in [-0.4, -0.2) is 58.7 Å². The van der Waals surface area contributed by atoms with Crippen molar-refractivity contribution in [2.24, 2.45) is 0 Å². The van der Waals surface area contributed by atoms with Crippen LogP contribution < -0.4 is 10.6 Å². The van der Waals surface area contributed by atoms with Gasteiger partial charge >= 0.3 is 0 Å². The van der Waals surface area contributed by atoms with Crippen molar-refractivity contribution in [1.82, 2.24) is 14.9 Å². The molecule has 1 amide bonds. The van der Waals surface area contributed by atoms with Gasteiger partial charge in [0.2, 0.25) is 5.91 Å². The molecule has 1 aliphatic heterocycles. The maximum atomic E-state index is 11.4. The van der Waals surface area contributed by atoms with Crippen molar-refractivity contribution in [2.75, 3.05) is 43.4 Å². The molecule has 7 heteroatoms. The summed E-state index contributed by atoms with van der Waals surface area (Å²) in [6, 6.07) is 1.80. The highest BCUT2D eigenvalue weighted by molar-refractivity contribution is 5.78. The standard InChI is InChI=1S/C13H21N5O2/c19-8-5-15-12-9-11(16-10-17-12)14-4-2-7-18-6-1-3-13(18)20/h9-10,19H,1-8H2,(H2,14,15,16,17). The van der Waals surface area contributed by atoms with E-state index in [-0.39, 0.29) is 12.5 Å². The lowest BCUT2D eigenvalue weighted by atomic mass is 10.4. The Hall–Kier alpha value is -1.89. The van der Waals surface area contributed by atoms with E-state index >= 15 is 0 Å². The summed E-state index contributed by atoms with van der Waals surface area (Å²) < 4.78 is 0. The Morgan fingerprint density at radius 3 is 2.65 bits per heavy atom. The van der Waals surface area contributed by atoms with Gasteiger partial charge in [-0.2, -0.15) is 0 Å². The summed E-state index contributed by atoms with van der Waals surface area (Å²) in [5, 5.41) is 14.9. The zero-order valence-corrected chi connectivity index (χ0v) is 11.5. The molecule has 0 saturated carbocycles. The van der Waals surface area contributed by atoms with E-state index in [1.807, 2.05) is 4.90 Å². The summed E-state index contributed by atoms with van der Waals surface area (Å²) in [6.07, 6.45) is 4.05. The van der Waals surface area contributed by atoms with Crippen molar-refractivity contribution < 1.29 is 9.90 Å². The first-order valence-corrected chi connectivity index (χ1v) is 6.98. The molecule has 3 N–H and O–H groups in total. The van der Waals surface area contributed by atoms with Gasteiger partial charge in [0.1, 0.15) is 18.0 Å². The van der Waals surface area contributed by atoms with Gasteiger partial charge in [0.05, 0.1) is 6.61 Å². The topological polar surface area (TPSA) is 90.4 Å². The van der Waals surface area contributed by atoms with E-state index in [9.17, 15) is 4.79 Å². The number of anilines is 2. The minimum absolute atomic E-state index is 0.0661. The van der Waals surface area contributed by atoms with Crippen molar-refractivity contribution in [2.45, 2.75) is 19.3 Å². The van der Waals surface area contributed by atoms with E-state index in [4.69, 9.17) is 5.11 Å². The number of aliphatic hydroxyl groups excluding tert-OH is 1. The van der Waals surface area contributed by atoms with Crippen molar-refractivity contribution >= 4 is 17.5 Å². The molecule has 1 saturated heterocycles. The molecule has 20 heavy (non-hydrogen) atoms. The van der Waals surface area contributed by atoms with Crippen LogP contribution in [0.4, 0.5) is 11.6 Å². The van der Waals surface area contributed by atoms with Crippen LogP contribution in [0.2, 0.25) is 0 Å². The number of aromatic nitrogens is 2. The van der Waals surface area contributed by atoms with E-state index in [1.54, 1.807) is 6.07 Å². The molecule has 0 atom stereocenters. The number of carbonyl (C=O) groups is 1. The van der Waals surface area contributed by atoms with Crippen LogP contribution in [0.3, 0.4) is 0 Å². The molecular formula is C13H21N5O2. The molecule has 0 spiro atoms. The van der Waals surface area contributed by atoms with E-state index in [2.05, 4.69) is 20.6 Å². The molecule has 7 nitrogen and oxygen atoms in total. The molecule has 2 heterocycles. The second-order valence-electron chi connectivity index (χ2n) is 4.70. The van der Waals surface area contributed by atoms with Gasteiger partial charge in [-0.1, -0.05) is 0 Å². The minimum atomic E-state index is 0.0661. The lowest BCUT2D eigenvalue weighted by molar-refractivity contribution is -0.127. The number of hydrogen-bond donors (Lipinski definition) is 3. The first kappa shape index (κ1) is 14.5. The number of amides is 1. The molecular weight excluding hydrogens is 258 g/mol. The third kappa shape index (κ3) is 4.34. The normalized spacial score (nSPS) is 14.7. The Labute approximate surface area is 118 Å². The predicted molar refractivity (Wildman–Crippen MR) is 76.5 cm³/mol. The fourth-order valence-electron chi connectivity index (χ4n) is 2.16. The zero-order chi connectivity index (χ0) is 14.2. The molecule has 1 aliphatic rings. The monoisotopic (exact) mass is 279 g/mol. The van der Waals surface area contributed by atoms with E-state index in [1.165, 1.54) is 6.33 Å². The van der Waals surface area contributed by atoms with Crippen LogP contribution in [0.5, 0.6) is 0 Å². The lowest BCUT2D eigenvalue weighted by Crippen LogP contribution is -2.27. The average molecular weight is 279 g/mol. The van der Waals surface area contributed by atoms with Crippen molar-refractivity contribution in [1.29, 1.82) is 0 Å². The number of aliphatic hydroxyl groups is 1. The van der Waals surface area contributed by atoms with Gasteiger partial charge in [-0.3, -0.25) is 4.79 Å². The summed E-state index contributed by atoms with van der Waals surface area (Å²) in [4.78, 5) is 21.5. The minimum Gasteiger partial charge on any atom is -0.395 e. The summed E-state index contributed by atoms with van der Waals surface area (Å²) in [5.74, 6) is 1.70. The van der Waals surface area contributed by atoms with Gasteiger partial charge in [0.25, 0.3) is 0 Å². The van der Waals surface area contributed by atoms with E-state index in [0.717, 1.165) is 38.3 Å². The molecule has 1 aromatic rings. The van der Waals surface area contributed by atoms with Crippen molar-refractivity contribution in [3.63, 3.8) is 0 Å². The van der Waals surface area contributed by atoms with Crippen molar-refractivity contribution in [3.05, 3.63) is 12.4 Å². The van der Waals surface area contributed by atoms with Gasteiger partial charge in [-0.15, -0.1) is 0 Å². The first-order valence-electron chi connectivity index (χ1n) is 6.98. The van der Waals surface area contributed by atoms with Crippen LogP contribution in [0.15, 0.2) is 12.4 Å². The highest BCUT2D eigenvalue weighted by Gasteiger charge is 2.18. The van der Waals surface area contributed by atoms with Gasteiger partial charge in [-0.05, 0) is 12.8 Å². The number of likely N-dealkylation sites (tertiary alicyclic amines) is 1. The van der Waals surface area contributed by atoms with E-state index in [0.29, 0.717) is 18.8 Å². The quantitative estimate of drug-likeness (QED) is 0.593. The number of rotatable bonds is 8. The maximum absolute atomic E-state index is 11.4. The number of carbonyl (C=O) groups excluding carboxylic acids is 1. The Morgan fingerprint density at radius 2 is 2.00 bits per heavy atom. The number of nitrogens with zero attached hydrogens (tertiary/aromatic N) is 3. The van der Waals surface area contributed by atoms with Crippen molar-refractivity contribution in [3.8, 4) is 0 Å². The molecule has 2 rings (SSSR count). The third-order valence-corrected chi connectivity index (χ3v) is 3.17. The van der Waals surface area contributed by atoms with Crippen LogP contribution in [0, 0.1) is 0 Å². The molecule has 0 aromatic carbocycles. The average Bonchev–Trinajstić information content (AvgIpc) is 2.87. The summed E-state index contributed by atoms with van der Waals surface area (Å²) in [7, 11) is 0. The lowest BCUT2D eigenvalue weighted by Gasteiger charge is -2.15. The van der Waals surface area contributed by atoms with E-state index < -0.39 is 0 Å². The smallest absolute Gasteiger partial charge is 0.222 e. The number of hydrogen-bond acceptors (Lipinski definition) is 6. The maximum Gasteiger partial charge on any atom is 0.222 e. The second-order valence-corrected chi connectivity index (χ2v) is 4.70. The van der Waals surface area contributed by atoms with Crippen LogP contribution >= 0.6 is 0 Å². The Kier molecular flexibility index (Phi) is 5.55. The van der Waals surface area contributed by atoms with Crippen LogP contribution in [0.25, 0.3) is 0 Å². The Bertz CT molecular complexity index is 441. The summed E-state index contributed by atoms with van der Waals surface area (Å²) in [5.41, 5.74) is 0. The van der Waals surface area contributed by atoms with Gasteiger partial charge in [-0.25, -0.2) is 9.97 Å². The molecule has 1 aromatic heterocycles. The van der Waals surface area contributed by atoms with Gasteiger partial charge in [0, 0.05) is 38.7 Å². The highest BCUT2D eigenvalue weighted by Crippen LogP contribution is 2.11. The summed E-state index contributed by atoms with van der Waals surface area (Å²) >= 11 is 0. The molecule has 0 aliphatic carbocycles. The molecule has 0 bridgehead atoms. The molecule has 110 valence electrons. The third-order valence-electron chi connectivity index (χ3n) is 3.17. The number of nitrogens with one attached hydrogen (secondary N) is 2. The molecule has 0 unspecified atom stereocenters. The van der Waals surface area contributed by atoms with Gasteiger partial charge < -0.3 is 20.6 Å². The molecule has 0 radical (unpaired) electrons. The Morgan fingerprint density at radius 1 is 1.25 bits per heavy atom. The summed E-state index contributed by atoms with van der Waals surface area (Å²) in [6.45, 7) is 2.98.